The Bertz CT molecular complexity index is 776. The Balaban J connectivity index is 2.28. The number of hydrogen-bond donors (Lipinski definition) is 0. The summed E-state index contributed by atoms with van der Waals surface area (Å²) in [6.45, 7) is 14.1. The van der Waals surface area contributed by atoms with Crippen molar-refractivity contribution in [3.8, 4) is 11.5 Å². The van der Waals surface area contributed by atoms with Crippen molar-refractivity contribution in [2.45, 2.75) is 63.4 Å². The minimum Gasteiger partial charge on any atom is -0.414 e. The van der Waals surface area contributed by atoms with E-state index < -0.39 is 11.7 Å². The summed E-state index contributed by atoms with van der Waals surface area (Å²) in [5.74, 6) is 0.769. The summed E-state index contributed by atoms with van der Waals surface area (Å²) in [5.41, 5.74) is 2.27. The predicted octanol–water partition coefficient (Wildman–Crippen LogP) is 8.08. The molecule has 0 aliphatic heterocycles. The summed E-state index contributed by atoms with van der Waals surface area (Å²) in [6.07, 6.45) is 0. The summed E-state index contributed by atoms with van der Waals surface area (Å²) < 4.78 is 23.1. The van der Waals surface area contributed by atoms with Gasteiger partial charge in [-0.2, -0.15) is 0 Å². The second kappa shape index (κ2) is 7.94. The first-order valence-corrected chi connectivity index (χ1v) is 11.5. The van der Waals surface area contributed by atoms with Crippen LogP contribution in [0.25, 0.3) is 0 Å². The van der Waals surface area contributed by atoms with E-state index in [2.05, 4.69) is 41.5 Å². The third-order valence-electron chi connectivity index (χ3n) is 4.37. The SMILES string of the molecule is CC(C)(C)c1ccc(OP(=O)(Oc2ccc(C(C)(C)C)cc2)C(C)(Cl)Cl)cc1. The van der Waals surface area contributed by atoms with E-state index >= 15 is 0 Å². The van der Waals surface area contributed by atoms with Gasteiger partial charge in [-0.1, -0.05) is 89.0 Å². The van der Waals surface area contributed by atoms with Crippen LogP contribution in [0.3, 0.4) is 0 Å². The highest BCUT2D eigenvalue weighted by Gasteiger charge is 2.48. The molecule has 3 nitrogen and oxygen atoms in total. The molecule has 0 radical (unpaired) electrons. The molecule has 28 heavy (non-hydrogen) atoms. The molecule has 2 rings (SSSR count). The average Bonchev–Trinajstić information content (AvgIpc) is 2.53. The lowest BCUT2D eigenvalue weighted by atomic mass is 9.87. The number of alkyl halides is 2. The van der Waals surface area contributed by atoms with Crippen molar-refractivity contribution < 1.29 is 13.6 Å². The molecule has 0 saturated carbocycles. The first-order chi connectivity index (χ1) is 12.6. The Labute approximate surface area is 178 Å². The molecule has 0 unspecified atom stereocenters. The maximum atomic E-state index is 13.4. The summed E-state index contributed by atoms with van der Waals surface area (Å²) in [6, 6.07) is 14.7. The van der Waals surface area contributed by atoms with Crippen molar-refractivity contribution in [1.82, 2.24) is 0 Å². The molecular formula is C22H29Cl2O3P. The monoisotopic (exact) mass is 442 g/mol. The maximum absolute atomic E-state index is 13.4. The fourth-order valence-electron chi connectivity index (χ4n) is 2.49. The zero-order valence-corrected chi connectivity index (χ0v) is 20.0. The quantitative estimate of drug-likeness (QED) is 0.346. The minimum atomic E-state index is -3.93. The Morgan fingerprint density at radius 2 is 0.929 bits per heavy atom. The second-order valence-electron chi connectivity index (χ2n) is 9.07. The van der Waals surface area contributed by atoms with E-state index in [9.17, 15) is 4.57 Å². The van der Waals surface area contributed by atoms with Gasteiger partial charge in [-0.15, -0.1) is 0 Å². The van der Waals surface area contributed by atoms with Crippen LogP contribution in [0.2, 0.25) is 0 Å². The zero-order valence-electron chi connectivity index (χ0n) is 17.5. The van der Waals surface area contributed by atoms with Gasteiger partial charge in [0.15, 0.2) is 0 Å². The van der Waals surface area contributed by atoms with Gasteiger partial charge in [-0.3, -0.25) is 0 Å². The van der Waals surface area contributed by atoms with Crippen molar-refractivity contribution >= 4 is 30.8 Å². The summed E-state index contributed by atoms with van der Waals surface area (Å²) >= 11 is 12.4. The Hall–Kier alpha value is -1.15. The third-order valence-corrected chi connectivity index (χ3v) is 7.48. The Kier molecular flexibility index (Phi) is 6.56. The van der Waals surface area contributed by atoms with E-state index in [-0.39, 0.29) is 10.8 Å². The van der Waals surface area contributed by atoms with Crippen LogP contribution in [-0.4, -0.2) is 4.07 Å². The molecule has 0 aromatic heterocycles. The maximum Gasteiger partial charge on any atom is 0.466 e. The van der Waals surface area contributed by atoms with Gasteiger partial charge in [0.05, 0.1) is 0 Å². The summed E-state index contributed by atoms with van der Waals surface area (Å²) in [7, 11) is -3.93. The van der Waals surface area contributed by atoms with Crippen molar-refractivity contribution in [3.63, 3.8) is 0 Å². The van der Waals surface area contributed by atoms with Crippen LogP contribution >= 0.6 is 30.8 Å². The lowest BCUT2D eigenvalue weighted by molar-refractivity contribution is 0.379. The molecule has 0 amide bonds. The summed E-state index contributed by atoms with van der Waals surface area (Å²) in [5, 5.41) is 0. The highest BCUT2D eigenvalue weighted by molar-refractivity contribution is 7.60. The fraction of sp³-hybridized carbons (Fsp3) is 0.455. The van der Waals surface area contributed by atoms with Crippen molar-refractivity contribution in [2.24, 2.45) is 0 Å². The molecule has 2 aromatic carbocycles. The topological polar surface area (TPSA) is 35.5 Å². The predicted molar refractivity (Wildman–Crippen MR) is 119 cm³/mol. The van der Waals surface area contributed by atoms with Crippen molar-refractivity contribution in [3.05, 3.63) is 59.7 Å². The number of benzene rings is 2. The second-order valence-corrected chi connectivity index (χ2v) is 13.6. The zero-order chi connectivity index (χ0) is 21.4. The molecule has 0 N–H and O–H groups in total. The van der Waals surface area contributed by atoms with Crippen molar-refractivity contribution in [2.75, 3.05) is 0 Å². The average molecular weight is 443 g/mol. The fourth-order valence-corrected chi connectivity index (χ4v) is 4.06. The first-order valence-electron chi connectivity index (χ1n) is 9.20. The lowest BCUT2D eigenvalue weighted by Crippen LogP contribution is -2.18. The van der Waals surface area contributed by atoms with Gasteiger partial charge in [0, 0.05) is 0 Å². The van der Waals surface area contributed by atoms with Gasteiger partial charge in [-0.25, -0.2) is 4.57 Å². The van der Waals surface area contributed by atoms with Crippen molar-refractivity contribution in [1.29, 1.82) is 0 Å². The van der Waals surface area contributed by atoms with Gasteiger partial charge in [0.25, 0.3) is 0 Å². The molecule has 0 saturated heterocycles. The van der Waals surface area contributed by atoms with Crippen LogP contribution in [0, 0.1) is 0 Å². The molecule has 0 aliphatic rings. The highest BCUT2D eigenvalue weighted by atomic mass is 35.5. The largest absolute Gasteiger partial charge is 0.466 e. The van der Waals surface area contributed by atoms with Crippen LogP contribution in [-0.2, 0) is 15.4 Å². The number of rotatable bonds is 5. The molecule has 0 bridgehead atoms. The molecule has 2 aromatic rings. The van der Waals surface area contributed by atoms with Crippen LogP contribution in [0.4, 0.5) is 0 Å². The Morgan fingerprint density at radius 1 is 0.643 bits per heavy atom. The minimum absolute atomic E-state index is 0.00100. The van der Waals surface area contributed by atoms with Gasteiger partial charge in [0.2, 0.25) is 4.07 Å². The number of hydrogen-bond acceptors (Lipinski definition) is 3. The first kappa shape index (κ1) is 23.1. The molecule has 154 valence electrons. The van der Waals surface area contributed by atoms with Crippen LogP contribution < -0.4 is 9.05 Å². The van der Waals surface area contributed by atoms with Gasteiger partial charge >= 0.3 is 7.60 Å². The van der Waals surface area contributed by atoms with E-state index in [1.54, 1.807) is 24.3 Å². The molecular weight excluding hydrogens is 414 g/mol. The smallest absolute Gasteiger partial charge is 0.414 e. The molecule has 0 atom stereocenters. The van der Waals surface area contributed by atoms with E-state index in [0.29, 0.717) is 11.5 Å². The third kappa shape index (κ3) is 5.69. The van der Waals surface area contributed by atoms with Gasteiger partial charge in [-0.05, 0) is 53.1 Å². The molecule has 0 spiro atoms. The molecule has 0 fully saturated rings. The number of halogens is 2. The lowest BCUT2D eigenvalue weighted by Gasteiger charge is -2.27. The van der Waals surface area contributed by atoms with Crippen LogP contribution in [0.5, 0.6) is 11.5 Å². The standard InChI is InChI=1S/C22H29Cl2O3P/c1-20(2,3)16-8-12-18(13-9-16)26-28(25,22(7,23)24)27-19-14-10-17(11-15-19)21(4,5)6/h8-15H,1-7H3. The molecule has 6 heteroatoms. The van der Waals surface area contributed by atoms with Gasteiger partial charge in [0.1, 0.15) is 11.5 Å². The van der Waals surface area contributed by atoms with E-state index in [4.69, 9.17) is 32.2 Å². The normalized spacial score (nSPS) is 13.3. The van der Waals surface area contributed by atoms with E-state index in [1.807, 2.05) is 24.3 Å². The van der Waals surface area contributed by atoms with Crippen LogP contribution in [0.15, 0.2) is 48.5 Å². The Morgan fingerprint density at radius 3 is 1.14 bits per heavy atom. The highest BCUT2D eigenvalue weighted by Crippen LogP contribution is 2.63. The van der Waals surface area contributed by atoms with Gasteiger partial charge < -0.3 is 9.05 Å². The summed E-state index contributed by atoms with van der Waals surface area (Å²) in [4.78, 5) is 0. The molecule has 0 aliphatic carbocycles. The van der Waals surface area contributed by atoms with E-state index in [0.717, 1.165) is 11.1 Å². The van der Waals surface area contributed by atoms with Crippen LogP contribution in [0.1, 0.15) is 59.6 Å². The molecule has 0 heterocycles. The van der Waals surface area contributed by atoms with E-state index in [1.165, 1.54) is 6.92 Å².